The van der Waals surface area contributed by atoms with Crippen molar-refractivity contribution in [2.45, 2.75) is 6.61 Å². The average Bonchev–Trinajstić information content (AvgIpc) is 2.39. The van der Waals surface area contributed by atoms with Crippen LogP contribution in [0.25, 0.3) is 0 Å². The number of hydrogen-bond donors (Lipinski definition) is 1. The molecule has 0 aliphatic rings. The minimum absolute atomic E-state index is 0.0916. The van der Waals surface area contributed by atoms with Gasteiger partial charge in [0.2, 0.25) is 5.82 Å². The van der Waals surface area contributed by atoms with Crippen LogP contribution < -0.4 is 4.74 Å². The maximum absolute atomic E-state index is 13.7. The van der Waals surface area contributed by atoms with Gasteiger partial charge in [-0.25, -0.2) is 0 Å². The molecule has 0 heterocycles. The van der Waals surface area contributed by atoms with Crippen molar-refractivity contribution in [1.82, 2.24) is 0 Å². The van der Waals surface area contributed by atoms with E-state index in [-0.39, 0.29) is 17.9 Å². The van der Waals surface area contributed by atoms with Gasteiger partial charge in [-0.15, -0.1) is 0 Å². The van der Waals surface area contributed by atoms with Gasteiger partial charge in [0, 0.05) is 11.6 Å². The fraction of sp³-hybridized carbons (Fsp3) is 0.0769. The summed E-state index contributed by atoms with van der Waals surface area (Å²) in [6.07, 6.45) is 0. The molecule has 2 aromatic rings. The largest absolute Gasteiger partial charge is 0.508 e. The van der Waals surface area contributed by atoms with Crippen molar-refractivity contribution in [2.75, 3.05) is 0 Å². The number of ether oxygens (including phenoxy) is 1. The van der Waals surface area contributed by atoms with E-state index in [0.29, 0.717) is 5.75 Å². The number of rotatable bonds is 4. The Hall–Kier alpha value is -2.63. The van der Waals surface area contributed by atoms with Gasteiger partial charge < -0.3 is 9.84 Å². The minimum Gasteiger partial charge on any atom is -0.508 e. The molecule has 0 saturated carbocycles. The summed E-state index contributed by atoms with van der Waals surface area (Å²) in [6.45, 7) is -0.127. The maximum atomic E-state index is 13.7. The van der Waals surface area contributed by atoms with Crippen LogP contribution in [0.4, 0.5) is 10.1 Å². The molecule has 0 amide bonds. The summed E-state index contributed by atoms with van der Waals surface area (Å²) in [6, 6.07) is 9.81. The third-order valence-corrected chi connectivity index (χ3v) is 2.49. The number of hydrogen-bond acceptors (Lipinski definition) is 4. The Labute approximate surface area is 108 Å². The highest BCUT2D eigenvalue weighted by Crippen LogP contribution is 2.22. The highest BCUT2D eigenvalue weighted by atomic mass is 19.1. The standard InChI is InChI=1S/C13H10FNO4/c14-13-9(2-1-3-12(13)15(17)18)8-19-11-6-4-10(16)5-7-11/h1-7,16H,8H2. The van der Waals surface area contributed by atoms with Gasteiger partial charge in [-0.05, 0) is 24.3 Å². The fourth-order valence-electron chi connectivity index (χ4n) is 1.52. The molecule has 0 radical (unpaired) electrons. The van der Waals surface area contributed by atoms with Crippen LogP contribution >= 0.6 is 0 Å². The van der Waals surface area contributed by atoms with Gasteiger partial charge in [-0.2, -0.15) is 4.39 Å². The third-order valence-electron chi connectivity index (χ3n) is 2.49. The fourth-order valence-corrected chi connectivity index (χ4v) is 1.52. The second kappa shape index (κ2) is 5.34. The normalized spacial score (nSPS) is 10.2. The molecule has 0 spiro atoms. The predicted molar refractivity (Wildman–Crippen MR) is 65.5 cm³/mol. The Balaban J connectivity index is 2.13. The first-order valence-electron chi connectivity index (χ1n) is 5.41. The summed E-state index contributed by atoms with van der Waals surface area (Å²) in [7, 11) is 0. The molecule has 0 atom stereocenters. The first-order chi connectivity index (χ1) is 9.08. The van der Waals surface area contributed by atoms with Crippen molar-refractivity contribution >= 4 is 5.69 Å². The van der Waals surface area contributed by atoms with E-state index in [2.05, 4.69) is 0 Å². The van der Waals surface area contributed by atoms with E-state index < -0.39 is 16.4 Å². The van der Waals surface area contributed by atoms with Crippen LogP contribution in [-0.4, -0.2) is 10.0 Å². The number of aromatic hydroxyl groups is 1. The zero-order valence-corrected chi connectivity index (χ0v) is 9.75. The maximum Gasteiger partial charge on any atom is 0.305 e. The van der Waals surface area contributed by atoms with Crippen LogP contribution in [0, 0.1) is 15.9 Å². The molecule has 0 fully saturated rings. The van der Waals surface area contributed by atoms with Crippen LogP contribution in [0.5, 0.6) is 11.5 Å². The number of phenolic OH excluding ortho intramolecular Hbond substituents is 1. The molecular weight excluding hydrogens is 253 g/mol. The lowest BCUT2D eigenvalue weighted by molar-refractivity contribution is -0.387. The zero-order chi connectivity index (χ0) is 13.8. The van der Waals surface area contributed by atoms with Crippen LogP contribution in [0.1, 0.15) is 5.56 Å². The second-order valence-electron chi connectivity index (χ2n) is 3.79. The van der Waals surface area contributed by atoms with Gasteiger partial charge in [-0.1, -0.05) is 12.1 Å². The van der Waals surface area contributed by atoms with E-state index in [1.54, 1.807) is 0 Å². The smallest absolute Gasteiger partial charge is 0.305 e. The van der Waals surface area contributed by atoms with Gasteiger partial charge in [0.1, 0.15) is 18.1 Å². The molecule has 19 heavy (non-hydrogen) atoms. The van der Waals surface area contributed by atoms with Crippen molar-refractivity contribution in [3.8, 4) is 11.5 Å². The van der Waals surface area contributed by atoms with Crippen molar-refractivity contribution in [3.63, 3.8) is 0 Å². The highest BCUT2D eigenvalue weighted by molar-refractivity contribution is 5.37. The van der Waals surface area contributed by atoms with Crippen molar-refractivity contribution < 1.29 is 19.2 Å². The van der Waals surface area contributed by atoms with Gasteiger partial charge in [0.25, 0.3) is 0 Å². The molecular formula is C13H10FNO4. The van der Waals surface area contributed by atoms with Crippen LogP contribution in [-0.2, 0) is 6.61 Å². The van der Waals surface area contributed by atoms with Gasteiger partial charge in [-0.3, -0.25) is 10.1 Å². The van der Waals surface area contributed by atoms with E-state index in [1.807, 2.05) is 0 Å². The summed E-state index contributed by atoms with van der Waals surface area (Å²) in [4.78, 5) is 9.80. The Morgan fingerprint density at radius 1 is 1.21 bits per heavy atom. The topological polar surface area (TPSA) is 72.6 Å². The summed E-state index contributed by atoms with van der Waals surface area (Å²) in [5.74, 6) is -0.371. The van der Waals surface area contributed by atoms with E-state index in [9.17, 15) is 14.5 Å². The predicted octanol–water partition coefficient (Wildman–Crippen LogP) is 3.02. The monoisotopic (exact) mass is 263 g/mol. The quantitative estimate of drug-likeness (QED) is 0.679. The average molecular weight is 263 g/mol. The van der Waals surface area contributed by atoms with E-state index in [0.717, 1.165) is 6.07 Å². The first kappa shape index (κ1) is 12.8. The lowest BCUT2D eigenvalue weighted by atomic mass is 10.2. The van der Waals surface area contributed by atoms with Crippen LogP contribution in [0.15, 0.2) is 42.5 Å². The minimum atomic E-state index is -0.897. The van der Waals surface area contributed by atoms with Crippen molar-refractivity contribution in [1.29, 1.82) is 0 Å². The van der Waals surface area contributed by atoms with Gasteiger partial charge in [0.15, 0.2) is 0 Å². The number of benzene rings is 2. The molecule has 0 saturated heterocycles. The highest BCUT2D eigenvalue weighted by Gasteiger charge is 2.17. The Morgan fingerprint density at radius 2 is 1.89 bits per heavy atom. The molecule has 0 aromatic heterocycles. The van der Waals surface area contributed by atoms with Gasteiger partial charge in [0.05, 0.1) is 4.92 Å². The van der Waals surface area contributed by atoms with Crippen molar-refractivity contribution in [2.24, 2.45) is 0 Å². The number of nitrogens with zero attached hydrogens (tertiary/aromatic N) is 1. The third kappa shape index (κ3) is 2.98. The van der Waals surface area contributed by atoms with E-state index >= 15 is 0 Å². The molecule has 0 aliphatic carbocycles. The second-order valence-corrected chi connectivity index (χ2v) is 3.79. The van der Waals surface area contributed by atoms with Crippen LogP contribution in [0.3, 0.4) is 0 Å². The summed E-state index contributed by atoms with van der Waals surface area (Å²) in [5.41, 5.74) is -0.478. The summed E-state index contributed by atoms with van der Waals surface area (Å²) < 4.78 is 19.0. The SMILES string of the molecule is O=[N+]([O-])c1cccc(COc2ccc(O)cc2)c1F. The number of phenols is 1. The molecule has 0 aliphatic heterocycles. The molecule has 0 unspecified atom stereocenters. The van der Waals surface area contributed by atoms with E-state index in [4.69, 9.17) is 9.84 Å². The lowest BCUT2D eigenvalue weighted by Gasteiger charge is -2.07. The first-order valence-corrected chi connectivity index (χ1v) is 5.41. The zero-order valence-electron chi connectivity index (χ0n) is 9.75. The molecule has 2 rings (SSSR count). The Bertz CT molecular complexity index is 598. The number of halogens is 1. The lowest BCUT2D eigenvalue weighted by Crippen LogP contribution is -2.01. The number of nitro groups is 1. The van der Waals surface area contributed by atoms with Gasteiger partial charge >= 0.3 is 5.69 Å². The van der Waals surface area contributed by atoms with E-state index in [1.165, 1.54) is 36.4 Å². The molecule has 0 bridgehead atoms. The Kier molecular flexibility index (Phi) is 3.61. The molecule has 6 heteroatoms. The Morgan fingerprint density at radius 3 is 2.53 bits per heavy atom. The summed E-state index contributed by atoms with van der Waals surface area (Å²) >= 11 is 0. The summed E-state index contributed by atoms with van der Waals surface area (Å²) in [5, 5.41) is 19.7. The molecule has 5 nitrogen and oxygen atoms in total. The number of nitro benzene ring substituents is 1. The molecule has 1 N–H and O–H groups in total. The van der Waals surface area contributed by atoms with Crippen molar-refractivity contribution in [3.05, 3.63) is 64.0 Å². The molecule has 2 aromatic carbocycles. The van der Waals surface area contributed by atoms with Crippen LogP contribution in [0.2, 0.25) is 0 Å². The molecule has 98 valence electrons.